The number of hydrogen-bond donors (Lipinski definition) is 2. The third-order valence-electron chi connectivity index (χ3n) is 3.56. The molecule has 114 valence electrons. The first kappa shape index (κ1) is 16.7. The summed E-state index contributed by atoms with van der Waals surface area (Å²) in [5.74, 6) is 1.99. The highest BCUT2D eigenvalue weighted by Crippen LogP contribution is 2.16. The van der Waals surface area contributed by atoms with Gasteiger partial charge in [0.05, 0.1) is 12.2 Å². The molecule has 0 aromatic carbocycles. The predicted molar refractivity (Wildman–Crippen MR) is 79.1 cm³/mol. The third-order valence-corrected chi connectivity index (χ3v) is 3.56. The topological polar surface area (TPSA) is 81.2 Å². The van der Waals surface area contributed by atoms with E-state index < -0.39 is 0 Å². The Morgan fingerprint density at radius 3 is 2.65 bits per heavy atom. The maximum Gasteiger partial charge on any atom is 0.220 e. The summed E-state index contributed by atoms with van der Waals surface area (Å²) < 4.78 is 5.43. The van der Waals surface area contributed by atoms with Crippen molar-refractivity contribution < 1.29 is 9.21 Å². The molecule has 5 nitrogen and oxygen atoms in total. The van der Waals surface area contributed by atoms with Crippen LogP contribution in [0.1, 0.15) is 56.4 Å². The minimum absolute atomic E-state index is 0.0524. The summed E-state index contributed by atoms with van der Waals surface area (Å²) in [5.41, 5.74) is 6.47. The Morgan fingerprint density at radius 2 is 2.10 bits per heavy atom. The summed E-state index contributed by atoms with van der Waals surface area (Å²) in [7, 11) is 0. The predicted octanol–water partition coefficient (Wildman–Crippen LogP) is 2.45. The number of aryl methyl sites for hydroxylation is 2. The molecular weight excluding hydrogens is 254 g/mol. The van der Waals surface area contributed by atoms with Crippen LogP contribution in [0.3, 0.4) is 0 Å². The van der Waals surface area contributed by atoms with E-state index >= 15 is 0 Å². The summed E-state index contributed by atoms with van der Waals surface area (Å²) in [5, 5.41) is 2.85. The summed E-state index contributed by atoms with van der Waals surface area (Å²) in [6.45, 7) is 6.99. The number of hydrogen-bond acceptors (Lipinski definition) is 4. The highest BCUT2D eigenvalue weighted by atomic mass is 16.4. The molecule has 0 aliphatic rings. The van der Waals surface area contributed by atoms with E-state index in [1.807, 2.05) is 13.8 Å². The smallest absolute Gasteiger partial charge is 0.220 e. The SMILES string of the molecule is CCCC(CCN)CCC(=O)NCc1nc(C)c(C)o1. The average Bonchev–Trinajstić information content (AvgIpc) is 2.73. The fraction of sp³-hybridized carbons (Fsp3) is 0.733. The second-order valence-electron chi connectivity index (χ2n) is 5.30. The van der Waals surface area contributed by atoms with Crippen LogP contribution in [0.2, 0.25) is 0 Å². The van der Waals surface area contributed by atoms with E-state index in [4.69, 9.17) is 10.2 Å². The fourth-order valence-corrected chi connectivity index (χ4v) is 2.29. The average molecular weight is 281 g/mol. The molecule has 1 aromatic rings. The van der Waals surface area contributed by atoms with Crippen LogP contribution in [0.15, 0.2) is 4.42 Å². The van der Waals surface area contributed by atoms with Gasteiger partial charge >= 0.3 is 0 Å². The van der Waals surface area contributed by atoms with Gasteiger partial charge in [0.1, 0.15) is 5.76 Å². The summed E-state index contributed by atoms with van der Waals surface area (Å²) in [6, 6.07) is 0. The molecule has 5 heteroatoms. The molecule has 0 aliphatic heterocycles. The molecule has 0 saturated heterocycles. The molecule has 0 aliphatic carbocycles. The Bertz CT molecular complexity index is 390. The molecule has 3 N–H and O–H groups in total. The van der Waals surface area contributed by atoms with Crippen molar-refractivity contribution in [3.63, 3.8) is 0 Å². The van der Waals surface area contributed by atoms with Gasteiger partial charge in [-0.2, -0.15) is 0 Å². The van der Waals surface area contributed by atoms with Crippen molar-refractivity contribution in [1.82, 2.24) is 10.3 Å². The number of rotatable bonds is 9. The van der Waals surface area contributed by atoms with E-state index in [2.05, 4.69) is 17.2 Å². The minimum Gasteiger partial charge on any atom is -0.444 e. The summed E-state index contributed by atoms with van der Waals surface area (Å²) >= 11 is 0. The lowest BCUT2D eigenvalue weighted by Crippen LogP contribution is -2.23. The van der Waals surface area contributed by atoms with E-state index in [-0.39, 0.29) is 5.91 Å². The van der Waals surface area contributed by atoms with Crippen molar-refractivity contribution in [2.24, 2.45) is 11.7 Å². The molecule has 0 saturated carbocycles. The number of nitrogens with zero attached hydrogens (tertiary/aromatic N) is 1. The van der Waals surface area contributed by atoms with Crippen LogP contribution < -0.4 is 11.1 Å². The first-order valence-electron chi connectivity index (χ1n) is 7.46. The number of nitrogens with two attached hydrogens (primary N) is 1. The number of nitrogens with one attached hydrogen (secondary N) is 1. The third kappa shape index (κ3) is 5.74. The van der Waals surface area contributed by atoms with Gasteiger partial charge in [-0.05, 0) is 39.2 Å². The summed E-state index contributed by atoms with van der Waals surface area (Å²) in [6.07, 6.45) is 4.73. The maximum absolute atomic E-state index is 11.8. The lowest BCUT2D eigenvalue weighted by atomic mass is 9.94. The van der Waals surface area contributed by atoms with Crippen LogP contribution in [-0.2, 0) is 11.3 Å². The van der Waals surface area contributed by atoms with Crippen molar-refractivity contribution in [3.05, 3.63) is 17.3 Å². The fourth-order valence-electron chi connectivity index (χ4n) is 2.29. The summed E-state index contributed by atoms with van der Waals surface area (Å²) in [4.78, 5) is 16.0. The second kappa shape index (κ2) is 8.74. The van der Waals surface area contributed by atoms with E-state index in [0.29, 0.717) is 31.3 Å². The molecule has 1 amide bonds. The zero-order chi connectivity index (χ0) is 15.0. The largest absolute Gasteiger partial charge is 0.444 e. The maximum atomic E-state index is 11.8. The van der Waals surface area contributed by atoms with Gasteiger partial charge in [-0.1, -0.05) is 19.8 Å². The molecule has 0 bridgehead atoms. The van der Waals surface area contributed by atoms with Gasteiger partial charge in [0.15, 0.2) is 0 Å². The van der Waals surface area contributed by atoms with E-state index in [9.17, 15) is 4.79 Å². The lowest BCUT2D eigenvalue weighted by Gasteiger charge is -2.14. The highest BCUT2D eigenvalue weighted by Gasteiger charge is 2.11. The Morgan fingerprint density at radius 1 is 1.35 bits per heavy atom. The van der Waals surface area contributed by atoms with Crippen LogP contribution in [0, 0.1) is 19.8 Å². The van der Waals surface area contributed by atoms with Crippen molar-refractivity contribution in [2.45, 2.75) is 59.4 Å². The Kier molecular flexibility index (Phi) is 7.30. The highest BCUT2D eigenvalue weighted by molar-refractivity contribution is 5.75. The first-order valence-corrected chi connectivity index (χ1v) is 7.46. The van der Waals surface area contributed by atoms with Gasteiger partial charge < -0.3 is 15.5 Å². The Labute approximate surface area is 121 Å². The van der Waals surface area contributed by atoms with Crippen LogP contribution in [-0.4, -0.2) is 17.4 Å². The van der Waals surface area contributed by atoms with E-state index in [0.717, 1.165) is 37.1 Å². The van der Waals surface area contributed by atoms with E-state index in [1.54, 1.807) is 0 Å². The Balaban J connectivity index is 2.28. The van der Waals surface area contributed by atoms with Crippen LogP contribution in [0.4, 0.5) is 0 Å². The standard InChI is InChI=1S/C15H27N3O2/c1-4-5-13(8-9-16)6-7-14(19)17-10-15-18-11(2)12(3)20-15/h13H,4-10,16H2,1-3H3,(H,17,19). The molecule has 1 unspecified atom stereocenters. The van der Waals surface area contributed by atoms with Crippen molar-refractivity contribution in [1.29, 1.82) is 0 Å². The van der Waals surface area contributed by atoms with Gasteiger partial charge in [-0.15, -0.1) is 0 Å². The Hall–Kier alpha value is -1.36. The van der Waals surface area contributed by atoms with Gasteiger partial charge in [-0.25, -0.2) is 4.98 Å². The first-order chi connectivity index (χ1) is 9.56. The van der Waals surface area contributed by atoms with Gasteiger partial charge in [0.25, 0.3) is 0 Å². The van der Waals surface area contributed by atoms with Crippen molar-refractivity contribution >= 4 is 5.91 Å². The van der Waals surface area contributed by atoms with Gasteiger partial charge in [0.2, 0.25) is 11.8 Å². The second-order valence-corrected chi connectivity index (χ2v) is 5.30. The molecule has 1 aromatic heterocycles. The molecule has 0 radical (unpaired) electrons. The van der Waals surface area contributed by atoms with Gasteiger partial charge in [0, 0.05) is 6.42 Å². The lowest BCUT2D eigenvalue weighted by molar-refractivity contribution is -0.121. The van der Waals surface area contributed by atoms with Crippen LogP contribution in [0.25, 0.3) is 0 Å². The quantitative estimate of drug-likeness (QED) is 0.728. The van der Waals surface area contributed by atoms with Crippen LogP contribution >= 0.6 is 0 Å². The molecule has 0 spiro atoms. The number of aromatic nitrogens is 1. The monoisotopic (exact) mass is 281 g/mol. The zero-order valence-corrected chi connectivity index (χ0v) is 12.9. The van der Waals surface area contributed by atoms with Crippen molar-refractivity contribution in [3.8, 4) is 0 Å². The molecule has 20 heavy (non-hydrogen) atoms. The number of amides is 1. The molecular formula is C15H27N3O2. The molecule has 1 rings (SSSR count). The molecule has 1 heterocycles. The molecule has 1 atom stereocenters. The minimum atomic E-state index is 0.0524. The van der Waals surface area contributed by atoms with Crippen molar-refractivity contribution in [2.75, 3.05) is 6.54 Å². The number of oxazole rings is 1. The van der Waals surface area contributed by atoms with Gasteiger partial charge in [-0.3, -0.25) is 4.79 Å². The number of carbonyl (C=O) groups is 1. The zero-order valence-electron chi connectivity index (χ0n) is 12.9. The normalized spacial score (nSPS) is 12.4. The van der Waals surface area contributed by atoms with E-state index in [1.165, 1.54) is 0 Å². The van der Waals surface area contributed by atoms with Crippen LogP contribution in [0.5, 0.6) is 0 Å². The number of carbonyl (C=O) groups excluding carboxylic acids is 1. The molecule has 0 fully saturated rings.